The number of rotatable bonds is 4. The van der Waals surface area contributed by atoms with Crippen LogP contribution in [-0.2, 0) is 11.0 Å². The molecule has 0 bridgehead atoms. The van der Waals surface area contributed by atoms with Crippen LogP contribution >= 0.6 is 0 Å². The van der Waals surface area contributed by atoms with Crippen molar-refractivity contribution in [1.29, 1.82) is 0 Å². The highest BCUT2D eigenvalue weighted by Crippen LogP contribution is 2.29. The quantitative estimate of drug-likeness (QED) is 0.859. The normalized spacial score (nSPS) is 13.2. The first-order chi connectivity index (χ1) is 7.79. The highest BCUT2D eigenvalue weighted by Gasteiger charge is 2.29. The van der Waals surface area contributed by atoms with E-state index in [0.717, 1.165) is 12.1 Å². The van der Waals surface area contributed by atoms with Crippen LogP contribution < -0.4 is 5.32 Å². The first-order valence-corrected chi connectivity index (χ1v) is 4.94. The standard InChI is InChI=1S/C11H12F3NO2/c1-7(6-10(16)17)15-9-4-2-8(3-5-9)11(12,13)14/h2-5,7,15H,6H2,1H3,(H,16,17). The van der Waals surface area contributed by atoms with Gasteiger partial charge >= 0.3 is 12.1 Å². The number of aliphatic carboxylic acids is 1. The molecule has 6 heteroatoms. The molecule has 1 aromatic carbocycles. The van der Waals surface area contributed by atoms with Crippen LogP contribution in [0.5, 0.6) is 0 Å². The molecule has 0 spiro atoms. The van der Waals surface area contributed by atoms with E-state index in [-0.39, 0.29) is 12.5 Å². The molecule has 94 valence electrons. The van der Waals surface area contributed by atoms with Crippen molar-refractivity contribution in [2.45, 2.75) is 25.6 Å². The molecule has 1 atom stereocenters. The molecule has 2 N–H and O–H groups in total. The summed E-state index contributed by atoms with van der Waals surface area (Å²) in [7, 11) is 0. The number of carboxylic acids is 1. The molecule has 1 rings (SSSR count). The van der Waals surface area contributed by atoms with Crippen molar-refractivity contribution in [2.75, 3.05) is 5.32 Å². The Kier molecular flexibility index (Phi) is 3.98. The van der Waals surface area contributed by atoms with Crippen LogP contribution in [0.3, 0.4) is 0 Å². The third kappa shape index (κ3) is 4.34. The van der Waals surface area contributed by atoms with E-state index in [1.165, 1.54) is 12.1 Å². The van der Waals surface area contributed by atoms with Gasteiger partial charge in [-0.05, 0) is 31.2 Å². The largest absolute Gasteiger partial charge is 0.481 e. The molecular formula is C11H12F3NO2. The van der Waals surface area contributed by atoms with Gasteiger partial charge in [-0.25, -0.2) is 0 Å². The second-order valence-corrected chi connectivity index (χ2v) is 3.72. The molecule has 0 fully saturated rings. The van der Waals surface area contributed by atoms with Crippen molar-refractivity contribution in [2.24, 2.45) is 0 Å². The highest BCUT2D eigenvalue weighted by atomic mass is 19.4. The molecular weight excluding hydrogens is 235 g/mol. The maximum absolute atomic E-state index is 12.3. The Balaban J connectivity index is 2.66. The fourth-order valence-electron chi connectivity index (χ4n) is 1.35. The Morgan fingerprint density at radius 3 is 2.29 bits per heavy atom. The monoisotopic (exact) mass is 247 g/mol. The molecule has 0 aromatic heterocycles. The van der Waals surface area contributed by atoms with E-state index in [0.29, 0.717) is 5.69 Å². The van der Waals surface area contributed by atoms with Crippen molar-refractivity contribution >= 4 is 11.7 Å². The summed E-state index contributed by atoms with van der Waals surface area (Å²) < 4.78 is 36.8. The minimum atomic E-state index is -4.36. The van der Waals surface area contributed by atoms with Gasteiger partial charge in [0.25, 0.3) is 0 Å². The molecule has 0 saturated heterocycles. The number of alkyl halides is 3. The summed E-state index contributed by atoms with van der Waals surface area (Å²) in [6.07, 6.45) is -4.45. The Labute approximate surface area is 96.3 Å². The zero-order valence-corrected chi connectivity index (χ0v) is 9.08. The van der Waals surface area contributed by atoms with E-state index >= 15 is 0 Å². The van der Waals surface area contributed by atoms with E-state index in [9.17, 15) is 18.0 Å². The van der Waals surface area contributed by atoms with E-state index in [1.54, 1.807) is 6.92 Å². The zero-order chi connectivity index (χ0) is 13.1. The van der Waals surface area contributed by atoms with Crippen molar-refractivity contribution in [3.63, 3.8) is 0 Å². The number of halogens is 3. The lowest BCUT2D eigenvalue weighted by atomic mass is 10.1. The average Bonchev–Trinajstić information content (AvgIpc) is 2.15. The SMILES string of the molecule is CC(CC(=O)O)Nc1ccc(C(F)(F)F)cc1. The third-order valence-electron chi connectivity index (χ3n) is 2.11. The molecule has 3 nitrogen and oxygen atoms in total. The summed E-state index contributed by atoms with van der Waals surface area (Å²) in [6.45, 7) is 1.64. The summed E-state index contributed by atoms with van der Waals surface area (Å²) in [4.78, 5) is 10.4. The lowest BCUT2D eigenvalue weighted by molar-refractivity contribution is -0.138. The van der Waals surface area contributed by atoms with E-state index in [1.807, 2.05) is 0 Å². The van der Waals surface area contributed by atoms with Crippen molar-refractivity contribution in [3.05, 3.63) is 29.8 Å². The minimum absolute atomic E-state index is 0.0962. The summed E-state index contributed by atoms with van der Waals surface area (Å²) in [5, 5.41) is 11.3. The van der Waals surface area contributed by atoms with Crippen molar-refractivity contribution < 1.29 is 23.1 Å². The lowest BCUT2D eigenvalue weighted by Gasteiger charge is -2.14. The van der Waals surface area contributed by atoms with Gasteiger partial charge in [0.05, 0.1) is 12.0 Å². The zero-order valence-electron chi connectivity index (χ0n) is 9.08. The number of hydrogen-bond acceptors (Lipinski definition) is 2. The van der Waals surface area contributed by atoms with Crippen LogP contribution in [0.4, 0.5) is 18.9 Å². The first kappa shape index (κ1) is 13.3. The molecule has 0 heterocycles. The number of anilines is 1. The highest BCUT2D eigenvalue weighted by molar-refractivity contribution is 5.68. The molecule has 0 aliphatic carbocycles. The first-order valence-electron chi connectivity index (χ1n) is 4.94. The van der Waals surface area contributed by atoms with Gasteiger partial charge in [-0.2, -0.15) is 13.2 Å². The van der Waals surface area contributed by atoms with Gasteiger partial charge in [0.1, 0.15) is 0 Å². The van der Waals surface area contributed by atoms with Crippen molar-refractivity contribution in [3.8, 4) is 0 Å². The predicted molar refractivity (Wildman–Crippen MR) is 56.8 cm³/mol. The maximum Gasteiger partial charge on any atom is 0.416 e. The van der Waals surface area contributed by atoms with E-state index < -0.39 is 17.7 Å². The Hall–Kier alpha value is -1.72. The van der Waals surface area contributed by atoms with Crippen LogP contribution in [0.1, 0.15) is 18.9 Å². The number of nitrogens with one attached hydrogen (secondary N) is 1. The van der Waals surface area contributed by atoms with Gasteiger partial charge in [-0.3, -0.25) is 4.79 Å². The minimum Gasteiger partial charge on any atom is -0.481 e. The number of benzene rings is 1. The summed E-state index contributed by atoms with van der Waals surface area (Å²) in [5.74, 6) is -0.961. The molecule has 0 radical (unpaired) electrons. The van der Waals surface area contributed by atoms with Crippen LogP contribution in [0.15, 0.2) is 24.3 Å². The molecule has 1 aromatic rings. The van der Waals surface area contributed by atoms with E-state index in [4.69, 9.17) is 5.11 Å². The molecule has 0 saturated carbocycles. The number of carbonyl (C=O) groups is 1. The van der Waals surface area contributed by atoms with Crippen LogP contribution in [0.2, 0.25) is 0 Å². The number of carboxylic acid groups (broad SMARTS) is 1. The van der Waals surface area contributed by atoms with Gasteiger partial charge < -0.3 is 10.4 Å². The van der Waals surface area contributed by atoms with Crippen LogP contribution in [0, 0.1) is 0 Å². The van der Waals surface area contributed by atoms with Crippen molar-refractivity contribution in [1.82, 2.24) is 0 Å². The topological polar surface area (TPSA) is 49.3 Å². The van der Waals surface area contributed by atoms with Gasteiger partial charge in [-0.1, -0.05) is 0 Å². The molecule has 1 unspecified atom stereocenters. The average molecular weight is 247 g/mol. The Bertz CT molecular complexity index is 387. The molecule has 0 aliphatic heterocycles. The lowest BCUT2D eigenvalue weighted by Crippen LogP contribution is -2.19. The van der Waals surface area contributed by atoms with Gasteiger partial charge in [0.2, 0.25) is 0 Å². The van der Waals surface area contributed by atoms with Gasteiger partial charge in [0.15, 0.2) is 0 Å². The third-order valence-corrected chi connectivity index (χ3v) is 2.11. The van der Waals surface area contributed by atoms with Crippen LogP contribution in [-0.4, -0.2) is 17.1 Å². The smallest absolute Gasteiger partial charge is 0.416 e. The molecule has 0 aliphatic rings. The van der Waals surface area contributed by atoms with E-state index in [2.05, 4.69) is 5.32 Å². The summed E-state index contributed by atoms with van der Waals surface area (Å²) >= 11 is 0. The Morgan fingerprint density at radius 2 is 1.88 bits per heavy atom. The second kappa shape index (κ2) is 5.07. The molecule has 17 heavy (non-hydrogen) atoms. The van der Waals surface area contributed by atoms with Gasteiger partial charge in [0, 0.05) is 11.7 Å². The Morgan fingerprint density at radius 1 is 1.35 bits per heavy atom. The summed E-state index contributed by atoms with van der Waals surface area (Å²) in [6, 6.07) is 4.12. The maximum atomic E-state index is 12.3. The van der Waals surface area contributed by atoms with Gasteiger partial charge in [-0.15, -0.1) is 0 Å². The molecule has 0 amide bonds. The predicted octanol–water partition coefficient (Wildman–Crippen LogP) is 2.98. The summed E-state index contributed by atoms with van der Waals surface area (Å²) in [5.41, 5.74) is -0.263. The second-order valence-electron chi connectivity index (χ2n) is 3.72. The van der Waals surface area contributed by atoms with Crippen LogP contribution in [0.25, 0.3) is 0 Å². The fourth-order valence-corrected chi connectivity index (χ4v) is 1.35. The fraction of sp³-hybridized carbons (Fsp3) is 0.364. The number of hydrogen-bond donors (Lipinski definition) is 2.